The van der Waals surface area contributed by atoms with Gasteiger partial charge in [0, 0.05) is 0 Å². The van der Waals surface area contributed by atoms with E-state index in [0.29, 0.717) is 0 Å². The van der Waals surface area contributed by atoms with E-state index in [1.165, 1.54) is 0 Å². The number of hydrogen-bond donors (Lipinski definition) is 8. The molecule has 0 spiro atoms. The molecule has 1 heterocycles. The van der Waals surface area contributed by atoms with E-state index in [0.717, 1.165) is 0 Å². The van der Waals surface area contributed by atoms with Gasteiger partial charge in [0.05, 0.1) is 38.1 Å². The Balaban J connectivity index is 2.97. The van der Waals surface area contributed by atoms with E-state index in [9.17, 15) is 29.4 Å². The number of rotatable bonds is 10. The topological polar surface area (TPSA) is 281 Å². The fourth-order valence-corrected chi connectivity index (χ4v) is 2.12. The lowest BCUT2D eigenvalue weighted by atomic mass is 10.2. The number of hydrogen-bond acceptors (Lipinski definition) is 14. The van der Waals surface area contributed by atoms with Crippen molar-refractivity contribution in [2.24, 2.45) is 11.8 Å². The average Bonchev–Trinajstić information content (AvgIpc) is 2.73. The van der Waals surface area contributed by atoms with Crippen LogP contribution in [0.2, 0.25) is 0 Å². The molecule has 2 atom stereocenters. The van der Waals surface area contributed by atoms with Gasteiger partial charge in [0.25, 0.3) is 11.8 Å². The van der Waals surface area contributed by atoms with Gasteiger partial charge in [-0.2, -0.15) is 11.8 Å². The van der Waals surface area contributed by atoms with Crippen molar-refractivity contribution in [2.45, 2.75) is 24.9 Å². The van der Waals surface area contributed by atoms with Gasteiger partial charge in [0.2, 0.25) is 0 Å². The number of nitrogens with zero attached hydrogens (tertiary/aromatic N) is 2. The molecule has 1 aromatic heterocycles. The van der Waals surface area contributed by atoms with E-state index >= 15 is 0 Å². The quantitative estimate of drug-likeness (QED) is 0.162. The molecule has 0 fully saturated rings. The zero-order valence-corrected chi connectivity index (χ0v) is 15.5. The van der Waals surface area contributed by atoms with Crippen molar-refractivity contribution in [3.63, 3.8) is 0 Å². The lowest BCUT2D eigenvalue weighted by Gasteiger charge is -2.17. The maximum Gasteiger partial charge on any atom is 0.326 e. The first-order chi connectivity index (χ1) is 14.2. The van der Waals surface area contributed by atoms with Crippen LogP contribution < -0.4 is 33.9 Å². The van der Waals surface area contributed by atoms with Gasteiger partial charge in [-0.05, 0) is 0 Å². The van der Waals surface area contributed by atoms with E-state index in [2.05, 4.69) is 30.3 Å². The molecule has 0 saturated heterocycles. The van der Waals surface area contributed by atoms with Crippen molar-refractivity contribution in [3.8, 4) is 0 Å². The highest BCUT2D eigenvalue weighted by Gasteiger charge is 2.25. The molecule has 2 amide bonds. The van der Waals surface area contributed by atoms with E-state index in [-0.39, 0.29) is 0 Å². The maximum atomic E-state index is 12.3. The number of aliphatic hydroxyl groups excluding tert-OH is 2. The summed E-state index contributed by atoms with van der Waals surface area (Å²) in [6, 6.07) is -2.13. The third-order valence-corrected chi connectivity index (χ3v) is 3.58. The van der Waals surface area contributed by atoms with Crippen LogP contribution in [0.25, 0.3) is 0 Å². The van der Waals surface area contributed by atoms with Gasteiger partial charge in [-0.3, -0.25) is 19.2 Å². The van der Waals surface area contributed by atoms with Crippen LogP contribution in [0.3, 0.4) is 0 Å². The van der Waals surface area contributed by atoms with Crippen LogP contribution >= 0.6 is 0 Å². The van der Waals surface area contributed by atoms with Gasteiger partial charge >= 0.3 is 11.9 Å². The molecule has 0 aliphatic heterocycles. The number of anilines is 2. The van der Waals surface area contributed by atoms with Crippen molar-refractivity contribution in [1.82, 2.24) is 20.6 Å². The third-order valence-electron chi connectivity index (χ3n) is 3.58. The van der Waals surface area contributed by atoms with E-state index in [1.54, 1.807) is 0 Å². The summed E-state index contributed by atoms with van der Waals surface area (Å²) in [6.45, 7) is -1.25. The minimum atomic E-state index is -1.06. The summed E-state index contributed by atoms with van der Waals surface area (Å²) in [5.74, 6) is 4.74. The Kier molecular flexibility index (Phi) is 9.30. The number of aliphatic hydroxyl groups is 2. The van der Waals surface area contributed by atoms with Crippen LogP contribution in [-0.4, -0.2) is 69.2 Å². The number of carbonyl (C=O) groups is 4. The van der Waals surface area contributed by atoms with Crippen LogP contribution in [0.1, 0.15) is 33.8 Å². The molecule has 0 aromatic carbocycles. The van der Waals surface area contributed by atoms with Crippen LogP contribution in [0.5, 0.6) is 0 Å². The second kappa shape index (κ2) is 11.4. The maximum absolute atomic E-state index is 12.3. The number of aromatic nitrogens is 2. The summed E-state index contributed by atoms with van der Waals surface area (Å²) in [7, 11) is 0. The highest BCUT2D eigenvalue weighted by molar-refractivity contribution is 6.01. The van der Waals surface area contributed by atoms with Gasteiger partial charge in [0.1, 0.15) is 0 Å². The molecular formula is C14H22N8O8. The zero-order chi connectivity index (χ0) is 22.8. The third kappa shape index (κ3) is 6.78. The van der Waals surface area contributed by atoms with Gasteiger partial charge in [0.15, 0.2) is 23.0 Å². The van der Waals surface area contributed by atoms with Gasteiger partial charge in [-0.1, -0.05) is 0 Å². The first kappa shape index (κ1) is 24.4. The van der Waals surface area contributed by atoms with E-state index in [4.69, 9.17) is 23.3 Å². The molecule has 12 N–H and O–H groups in total. The summed E-state index contributed by atoms with van der Waals surface area (Å²) in [5.41, 5.74) is 10.4. The van der Waals surface area contributed by atoms with Crippen LogP contribution in [0.4, 0.5) is 11.6 Å². The molecule has 0 aliphatic rings. The summed E-state index contributed by atoms with van der Waals surface area (Å²) in [5, 5.41) is 23.0. The van der Waals surface area contributed by atoms with Crippen LogP contribution in [0.15, 0.2) is 0 Å². The van der Waals surface area contributed by atoms with Crippen molar-refractivity contribution in [3.05, 3.63) is 11.4 Å². The molecule has 0 radical (unpaired) electrons. The molecule has 30 heavy (non-hydrogen) atoms. The minimum Gasteiger partial charge on any atom is -0.394 e. The average molecular weight is 430 g/mol. The Labute approximate surface area is 168 Å². The van der Waals surface area contributed by atoms with Crippen molar-refractivity contribution >= 4 is 35.4 Å². The Bertz CT molecular complexity index is 739. The molecule has 0 saturated carbocycles. The number of nitrogens with one attached hydrogen (secondary N) is 2. The number of amides is 2. The second-order valence-electron chi connectivity index (χ2n) is 5.79. The number of nitrogen functional groups attached to an aromatic ring is 2. The standard InChI is InChI=1S/C14H22N8O8/c15-11-9(13(27)19-5(3-23)1-7(25)29-17)21-12(16)10(22-11)14(28)20-6(4-24)2-8(26)30-18/h5-6,23-24H,1-4,17-18H2,(H2,16,21)(H2,15,22)(H,19,27)(H,20,28). The van der Waals surface area contributed by atoms with Gasteiger partial charge in [-0.15, -0.1) is 0 Å². The Morgan fingerprint density at radius 3 is 1.40 bits per heavy atom. The zero-order valence-electron chi connectivity index (χ0n) is 15.5. The molecule has 2 unspecified atom stereocenters. The van der Waals surface area contributed by atoms with Crippen LogP contribution in [-0.2, 0) is 19.3 Å². The Morgan fingerprint density at radius 1 is 0.800 bits per heavy atom. The highest BCUT2D eigenvalue weighted by Crippen LogP contribution is 2.14. The van der Waals surface area contributed by atoms with Gasteiger partial charge in [-0.25, -0.2) is 9.97 Å². The molecular weight excluding hydrogens is 408 g/mol. The summed E-state index contributed by atoms with van der Waals surface area (Å²) in [4.78, 5) is 62.2. The molecule has 1 rings (SSSR count). The second-order valence-corrected chi connectivity index (χ2v) is 5.79. The predicted octanol–water partition coefficient (Wildman–Crippen LogP) is -4.56. The van der Waals surface area contributed by atoms with E-state index in [1.807, 2.05) is 0 Å². The lowest BCUT2D eigenvalue weighted by Crippen LogP contribution is -2.41. The van der Waals surface area contributed by atoms with Gasteiger partial charge < -0.3 is 42.0 Å². The highest BCUT2D eigenvalue weighted by atomic mass is 16.7. The largest absolute Gasteiger partial charge is 0.394 e. The number of carbonyl (C=O) groups excluding carboxylic acids is 4. The normalized spacial score (nSPS) is 12.4. The summed E-state index contributed by atoms with van der Waals surface area (Å²) < 4.78 is 0. The molecule has 16 heteroatoms. The van der Waals surface area contributed by atoms with E-state index < -0.39 is 84.9 Å². The molecule has 166 valence electrons. The molecule has 0 bridgehead atoms. The Morgan fingerprint density at radius 2 is 1.13 bits per heavy atom. The van der Waals surface area contributed by atoms with Crippen molar-refractivity contribution < 1.29 is 39.1 Å². The molecule has 16 nitrogen and oxygen atoms in total. The smallest absolute Gasteiger partial charge is 0.326 e. The summed E-state index contributed by atoms with van der Waals surface area (Å²) >= 11 is 0. The fraction of sp³-hybridized carbons (Fsp3) is 0.429. The predicted molar refractivity (Wildman–Crippen MR) is 97.3 cm³/mol. The van der Waals surface area contributed by atoms with Crippen LogP contribution in [0, 0.1) is 0 Å². The summed E-state index contributed by atoms with van der Waals surface area (Å²) in [6.07, 6.45) is -0.869. The molecule has 0 aliphatic carbocycles. The fourth-order valence-electron chi connectivity index (χ4n) is 2.12. The van der Waals surface area contributed by atoms with Crippen molar-refractivity contribution in [2.75, 3.05) is 24.7 Å². The van der Waals surface area contributed by atoms with Crippen molar-refractivity contribution in [1.29, 1.82) is 0 Å². The SMILES string of the molecule is NOC(=O)CC(CO)NC(=O)c1nc(N)c(C(=O)NC(CO)CC(=O)ON)nc1N. The number of nitrogens with two attached hydrogens (primary N) is 4. The minimum absolute atomic E-state index is 0.435. The monoisotopic (exact) mass is 430 g/mol. The first-order valence-electron chi connectivity index (χ1n) is 8.22. The Hall–Kier alpha value is -3.60. The lowest BCUT2D eigenvalue weighted by molar-refractivity contribution is -0.145. The molecule has 1 aromatic rings. The first-order valence-corrected chi connectivity index (χ1v) is 8.22.